The Kier molecular flexibility index (Phi) is 6.08. The summed E-state index contributed by atoms with van der Waals surface area (Å²) in [6.07, 6.45) is 2.42. The number of amides is 1. The van der Waals surface area contributed by atoms with Crippen LogP contribution in [0.4, 0.5) is 4.79 Å². The number of hydrogen-bond donors (Lipinski definition) is 0. The summed E-state index contributed by atoms with van der Waals surface area (Å²) in [6.45, 7) is 10.8. The molecule has 1 saturated heterocycles. The van der Waals surface area contributed by atoms with Gasteiger partial charge in [-0.2, -0.15) is 0 Å². The molecule has 1 heterocycles. The van der Waals surface area contributed by atoms with Gasteiger partial charge in [0.05, 0.1) is 12.7 Å². The number of aryl methyl sites for hydroxylation is 2. The number of ketones is 1. The molecule has 3 rings (SSSR count). The predicted molar refractivity (Wildman–Crippen MR) is 119 cm³/mol. The molecule has 0 unspecified atom stereocenters. The molecule has 5 nitrogen and oxygen atoms in total. The van der Waals surface area contributed by atoms with E-state index in [0.717, 1.165) is 35.3 Å². The molecule has 2 aliphatic rings. The zero-order chi connectivity index (χ0) is 22.3. The lowest BCUT2D eigenvalue weighted by atomic mass is 9.66. The van der Waals surface area contributed by atoms with Crippen LogP contribution in [-0.2, 0) is 14.3 Å². The number of hydrogen-bond acceptors (Lipinski definition) is 4. The second kappa shape index (κ2) is 8.12. The van der Waals surface area contributed by atoms with Crippen LogP contribution in [-0.4, -0.2) is 50.4 Å². The maximum atomic E-state index is 13.4. The summed E-state index contributed by atoms with van der Waals surface area (Å²) in [7, 11) is 7.61. The van der Waals surface area contributed by atoms with Crippen molar-refractivity contribution in [1.29, 1.82) is 0 Å². The number of piperidine rings is 1. The van der Waals surface area contributed by atoms with Gasteiger partial charge in [0.1, 0.15) is 19.2 Å². The van der Waals surface area contributed by atoms with Crippen LogP contribution in [0.2, 0.25) is 0 Å². The smallest absolute Gasteiger partial charge is 0.410 e. The Morgan fingerprint density at radius 3 is 2.17 bits per heavy atom. The predicted octanol–water partition coefficient (Wildman–Crippen LogP) is 3.83. The van der Waals surface area contributed by atoms with Crippen LogP contribution in [0.15, 0.2) is 17.9 Å². The first-order chi connectivity index (χ1) is 13.9. The summed E-state index contributed by atoms with van der Waals surface area (Å²) in [6, 6.07) is 3.80. The van der Waals surface area contributed by atoms with Crippen LogP contribution in [0, 0.1) is 19.3 Å². The van der Waals surface area contributed by atoms with E-state index >= 15 is 0 Å². The summed E-state index contributed by atoms with van der Waals surface area (Å²) in [5, 5.41) is 0. The van der Waals surface area contributed by atoms with Crippen LogP contribution < -0.4 is 5.46 Å². The van der Waals surface area contributed by atoms with E-state index in [-0.39, 0.29) is 17.3 Å². The maximum absolute atomic E-state index is 13.4. The molecule has 1 aromatic carbocycles. The lowest BCUT2D eigenvalue weighted by Crippen LogP contribution is -2.47. The quantitative estimate of drug-likeness (QED) is 0.697. The number of likely N-dealkylation sites (tertiary alicyclic amines) is 1. The van der Waals surface area contributed by atoms with Gasteiger partial charge in [-0.3, -0.25) is 4.79 Å². The third kappa shape index (κ3) is 4.58. The number of allylic oxidation sites excluding steroid dienone is 2. The molecule has 0 bridgehead atoms. The van der Waals surface area contributed by atoms with E-state index in [9.17, 15) is 9.59 Å². The van der Waals surface area contributed by atoms with Gasteiger partial charge in [-0.25, -0.2) is 4.79 Å². The van der Waals surface area contributed by atoms with Crippen molar-refractivity contribution in [3.8, 4) is 0 Å². The van der Waals surface area contributed by atoms with Crippen LogP contribution in [0.3, 0.4) is 0 Å². The summed E-state index contributed by atoms with van der Waals surface area (Å²) in [5.41, 5.74) is 3.62. The van der Waals surface area contributed by atoms with Gasteiger partial charge >= 0.3 is 6.09 Å². The minimum Gasteiger partial charge on any atom is -0.500 e. The summed E-state index contributed by atoms with van der Waals surface area (Å²) in [4.78, 5) is 27.5. The fraction of sp³-hybridized carbons (Fsp3) is 0.583. The van der Waals surface area contributed by atoms with Gasteiger partial charge in [0, 0.05) is 25.9 Å². The van der Waals surface area contributed by atoms with E-state index in [0.29, 0.717) is 37.0 Å². The Morgan fingerprint density at radius 2 is 1.67 bits per heavy atom. The highest BCUT2D eigenvalue weighted by molar-refractivity contribution is 6.33. The summed E-state index contributed by atoms with van der Waals surface area (Å²) >= 11 is 0. The Labute approximate surface area is 181 Å². The van der Waals surface area contributed by atoms with Crippen LogP contribution in [0.1, 0.15) is 63.1 Å². The molecule has 0 atom stereocenters. The van der Waals surface area contributed by atoms with Crippen LogP contribution >= 0.6 is 0 Å². The van der Waals surface area contributed by atoms with Gasteiger partial charge in [0.25, 0.3) is 0 Å². The van der Waals surface area contributed by atoms with Crippen molar-refractivity contribution >= 4 is 30.8 Å². The molecule has 0 saturated carbocycles. The van der Waals surface area contributed by atoms with Crippen LogP contribution in [0.25, 0.3) is 5.57 Å². The average molecular weight is 409 g/mol. The largest absolute Gasteiger partial charge is 0.500 e. The van der Waals surface area contributed by atoms with Gasteiger partial charge in [-0.05, 0) is 69.6 Å². The number of carbonyl (C=O) groups is 2. The van der Waals surface area contributed by atoms with E-state index in [1.807, 2.05) is 46.8 Å². The van der Waals surface area contributed by atoms with E-state index in [4.69, 9.17) is 17.3 Å². The molecular formula is C24H32BNO4. The molecular weight excluding hydrogens is 377 g/mol. The lowest BCUT2D eigenvalue weighted by Gasteiger charge is -2.44. The Bertz CT molecular complexity index is 866. The first-order valence-corrected chi connectivity index (χ1v) is 10.6. The summed E-state index contributed by atoms with van der Waals surface area (Å²) < 4.78 is 11.3. The second-order valence-corrected chi connectivity index (χ2v) is 9.78. The minimum absolute atomic E-state index is 0.111. The molecule has 1 spiro atoms. The van der Waals surface area contributed by atoms with Gasteiger partial charge in [-0.15, -0.1) is 0 Å². The third-order valence-electron chi connectivity index (χ3n) is 6.16. The van der Waals surface area contributed by atoms with Crippen molar-refractivity contribution in [2.75, 3.05) is 20.2 Å². The van der Waals surface area contributed by atoms with Crippen LogP contribution in [0.5, 0.6) is 0 Å². The molecule has 1 amide bonds. The second-order valence-electron chi connectivity index (χ2n) is 9.78. The zero-order valence-corrected chi connectivity index (χ0v) is 19.1. The molecule has 160 valence electrons. The Hall–Kier alpha value is -2.24. The number of ether oxygens (including phenoxy) is 2. The molecule has 2 radical (unpaired) electrons. The number of nitrogens with zero attached hydrogens (tertiary/aromatic N) is 1. The van der Waals surface area contributed by atoms with Crippen molar-refractivity contribution in [2.24, 2.45) is 5.41 Å². The molecule has 0 N–H and O–H groups in total. The number of methoxy groups -OCH3 is 1. The number of rotatable bonds is 2. The van der Waals surface area contributed by atoms with Crippen molar-refractivity contribution in [2.45, 2.75) is 65.9 Å². The highest BCUT2D eigenvalue weighted by atomic mass is 16.6. The first kappa shape index (κ1) is 22.5. The molecule has 1 aliphatic heterocycles. The Balaban J connectivity index is 1.83. The first-order valence-electron chi connectivity index (χ1n) is 10.6. The van der Waals surface area contributed by atoms with Crippen molar-refractivity contribution < 1.29 is 19.1 Å². The average Bonchev–Trinajstić information content (AvgIpc) is 2.61. The van der Waals surface area contributed by atoms with Crippen molar-refractivity contribution in [1.82, 2.24) is 4.90 Å². The molecule has 1 aromatic rings. The van der Waals surface area contributed by atoms with E-state index < -0.39 is 5.60 Å². The van der Waals surface area contributed by atoms with Gasteiger partial charge in [0.2, 0.25) is 0 Å². The van der Waals surface area contributed by atoms with Gasteiger partial charge in [-0.1, -0.05) is 17.6 Å². The molecule has 1 fully saturated rings. The molecule has 1 aliphatic carbocycles. The van der Waals surface area contributed by atoms with E-state index in [2.05, 4.69) is 0 Å². The zero-order valence-electron chi connectivity index (χ0n) is 19.1. The standard InChI is InChI=1S/C24H32BNO4/c1-15-11-17(25)12-16(2)20(15)21-18(27)13-24(14-19(21)29-6)7-9-26(10-8-24)22(28)30-23(3,4)5/h11-12H,7-10,13-14H2,1-6H3. The number of Topliss-reactive ketones (excluding diaryl/α,β-unsaturated/α-hetero) is 1. The van der Waals surface area contributed by atoms with Gasteiger partial charge in [0.15, 0.2) is 5.78 Å². The number of carbonyl (C=O) groups excluding carboxylic acids is 2. The molecule has 30 heavy (non-hydrogen) atoms. The highest BCUT2D eigenvalue weighted by Gasteiger charge is 2.44. The number of benzene rings is 1. The third-order valence-corrected chi connectivity index (χ3v) is 6.16. The molecule has 0 aromatic heterocycles. The van der Waals surface area contributed by atoms with Gasteiger partial charge < -0.3 is 14.4 Å². The highest BCUT2D eigenvalue weighted by Crippen LogP contribution is 2.48. The maximum Gasteiger partial charge on any atom is 0.410 e. The van der Waals surface area contributed by atoms with E-state index in [1.54, 1.807) is 12.0 Å². The summed E-state index contributed by atoms with van der Waals surface area (Å²) in [5.74, 6) is 0.854. The SMILES string of the molecule is [B]c1cc(C)c(C2=C(OC)CC3(CCN(C(=O)OC(C)(C)C)CC3)CC2=O)c(C)c1. The lowest BCUT2D eigenvalue weighted by molar-refractivity contribution is -0.117. The fourth-order valence-electron chi connectivity index (χ4n) is 4.76. The van der Waals surface area contributed by atoms with Crippen molar-refractivity contribution in [3.63, 3.8) is 0 Å². The monoisotopic (exact) mass is 409 g/mol. The normalized spacial score (nSPS) is 19.3. The molecule has 6 heteroatoms. The fourth-order valence-corrected chi connectivity index (χ4v) is 4.76. The van der Waals surface area contributed by atoms with Crippen molar-refractivity contribution in [3.05, 3.63) is 34.6 Å². The van der Waals surface area contributed by atoms with E-state index in [1.165, 1.54) is 0 Å². The minimum atomic E-state index is -0.511. The Morgan fingerprint density at radius 1 is 1.10 bits per heavy atom. The topological polar surface area (TPSA) is 55.8 Å².